The molecule has 0 aliphatic heterocycles. The summed E-state index contributed by atoms with van der Waals surface area (Å²) in [5.41, 5.74) is 14.7. The molecule has 0 spiro atoms. The fraction of sp³-hybridized carbons (Fsp3) is 0.254. The molecule has 0 unspecified atom stereocenters. The third-order valence-corrected chi connectivity index (χ3v) is 12.0. The molecule has 0 fully saturated rings. The van der Waals surface area contributed by atoms with Crippen molar-refractivity contribution in [2.24, 2.45) is 5.41 Å². The Bertz CT molecular complexity index is 2880. The predicted octanol–water partition coefficient (Wildman–Crippen LogP) is 13.3. The van der Waals surface area contributed by atoms with Crippen LogP contribution in [-0.4, -0.2) is 74.5 Å². The number of carbonyl (C=O) groups is 4. The van der Waals surface area contributed by atoms with Crippen molar-refractivity contribution < 1.29 is 91.5 Å². The van der Waals surface area contributed by atoms with Crippen LogP contribution in [-0.2, 0) is 31.9 Å². The molecule has 0 heterocycles. The van der Waals surface area contributed by atoms with E-state index in [-0.39, 0.29) is 60.2 Å². The number of carbonyl (C=O) groups excluding carboxylic acids is 4. The smallest absolute Gasteiger partial charge is 0.453 e. The standard InChI is InChI=1S/C59H52F10N2O10/c60-56(61,58(64,65)66)31-1-33-76-47-25-13-43(14-26-47)53(74)80-49-21-7-39(8-22-49)11-29-51(72)78-37-55(35-41-3-17-45(70)18-4-41,36-42-5-19-46(71)20-6-42)38-79-52(73)30-12-40-9-23-50(24-10-40)81-54(75)44-15-27-48(28-16-44)77-34-2-32-57(62,63)59(67,68)69/h3-30H,1-2,31-38,70-71H2. The zero-order chi connectivity index (χ0) is 58.9. The first kappa shape index (κ1) is 61.4. The van der Waals surface area contributed by atoms with Gasteiger partial charge in [0.25, 0.3) is 0 Å². The molecule has 428 valence electrons. The van der Waals surface area contributed by atoms with Gasteiger partial charge in [-0.3, -0.25) is 0 Å². The first-order valence-corrected chi connectivity index (χ1v) is 24.6. The minimum atomic E-state index is -5.66. The van der Waals surface area contributed by atoms with Crippen molar-refractivity contribution >= 4 is 47.4 Å². The lowest BCUT2D eigenvalue weighted by Crippen LogP contribution is -2.38. The molecule has 0 amide bonds. The van der Waals surface area contributed by atoms with Crippen LogP contribution in [0.25, 0.3) is 12.2 Å². The Morgan fingerprint density at radius 3 is 1.06 bits per heavy atom. The predicted molar refractivity (Wildman–Crippen MR) is 279 cm³/mol. The van der Waals surface area contributed by atoms with Crippen molar-refractivity contribution in [3.8, 4) is 23.0 Å². The summed E-state index contributed by atoms with van der Waals surface area (Å²) in [5.74, 6) is -12.1. The van der Waals surface area contributed by atoms with Crippen molar-refractivity contribution in [3.05, 3.63) is 191 Å². The Balaban J connectivity index is 1.04. The van der Waals surface area contributed by atoms with E-state index in [1.54, 1.807) is 72.8 Å². The van der Waals surface area contributed by atoms with Gasteiger partial charge < -0.3 is 39.9 Å². The molecule has 6 aromatic rings. The van der Waals surface area contributed by atoms with Gasteiger partial charge in [0.15, 0.2) is 0 Å². The zero-order valence-corrected chi connectivity index (χ0v) is 42.8. The van der Waals surface area contributed by atoms with Crippen LogP contribution < -0.4 is 30.4 Å². The second-order valence-corrected chi connectivity index (χ2v) is 18.5. The van der Waals surface area contributed by atoms with Crippen molar-refractivity contribution in [1.29, 1.82) is 0 Å². The normalized spacial score (nSPS) is 12.3. The minimum Gasteiger partial charge on any atom is -0.494 e. The third-order valence-electron chi connectivity index (χ3n) is 12.0. The van der Waals surface area contributed by atoms with Crippen LogP contribution in [0.1, 0.15) is 68.7 Å². The molecule has 22 heteroatoms. The Hall–Kier alpha value is -8.82. The highest BCUT2D eigenvalue weighted by Crippen LogP contribution is 2.40. The van der Waals surface area contributed by atoms with E-state index in [0.29, 0.717) is 22.5 Å². The lowest BCUT2D eigenvalue weighted by atomic mass is 9.77. The maximum absolute atomic E-state index is 13.4. The van der Waals surface area contributed by atoms with E-state index in [0.717, 1.165) is 11.1 Å². The van der Waals surface area contributed by atoms with Crippen LogP contribution in [0.2, 0.25) is 0 Å². The second kappa shape index (κ2) is 27.4. The summed E-state index contributed by atoms with van der Waals surface area (Å²) < 4.78 is 160. The summed E-state index contributed by atoms with van der Waals surface area (Å²) in [6, 6.07) is 36.8. The number of hydrogen-bond donors (Lipinski definition) is 2. The zero-order valence-electron chi connectivity index (χ0n) is 42.8. The van der Waals surface area contributed by atoms with Crippen LogP contribution >= 0.6 is 0 Å². The highest BCUT2D eigenvalue weighted by atomic mass is 19.4. The Labute approximate surface area is 457 Å². The van der Waals surface area contributed by atoms with E-state index in [4.69, 9.17) is 39.9 Å². The molecule has 0 saturated carbocycles. The molecular weight excluding hydrogens is 1090 g/mol. The van der Waals surface area contributed by atoms with Gasteiger partial charge in [-0.1, -0.05) is 48.5 Å². The summed E-state index contributed by atoms with van der Waals surface area (Å²) in [6.45, 7) is -1.30. The first-order valence-electron chi connectivity index (χ1n) is 24.6. The average molecular weight is 1140 g/mol. The quantitative estimate of drug-likeness (QED) is 0.0131. The monoisotopic (exact) mass is 1140 g/mol. The van der Waals surface area contributed by atoms with Gasteiger partial charge in [-0.05, 0) is 157 Å². The minimum absolute atomic E-state index is 0.0890. The number of nitrogens with two attached hydrogens (primary N) is 2. The Morgan fingerprint density at radius 2 is 0.741 bits per heavy atom. The number of benzene rings is 6. The topological polar surface area (TPSA) is 176 Å². The highest BCUT2D eigenvalue weighted by molar-refractivity contribution is 5.92. The molecular formula is C59H52F10N2O10. The number of alkyl halides is 10. The maximum atomic E-state index is 13.4. The van der Waals surface area contributed by atoms with Crippen LogP contribution in [0.4, 0.5) is 55.3 Å². The average Bonchev–Trinajstić information content (AvgIpc) is 3.45. The number of hydrogen-bond acceptors (Lipinski definition) is 12. The third kappa shape index (κ3) is 19.2. The van der Waals surface area contributed by atoms with Gasteiger partial charge >= 0.3 is 48.1 Å². The van der Waals surface area contributed by atoms with Crippen molar-refractivity contribution in [1.82, 2.24) is 0 Å². The second-order valence-electron chi connectivity index (χ2n) is 18.5. The van der Waals surface area contributed by atoms with Gasteiger partial charge in [-0.25, -0.2) is 19.2 Å². The number of anilines is 2. The van der Waals surface area contributed by atoms with E-state index in [9.17, 15) is 63.1 Å². The number of halogens is 10. The van der Waals surface area contributed by atoms with Gasteiger partial charge in [0.2, 0.25) is 0 Å². The molecule has 6 aromatic carbocycles. The van der Waals surface area contributed by atoms with Crippen LogP contribution in [0.3, 0.4) is 0 Å². The fourth-order valence-electron chi connectivity index (χ4n) is 7.57. The number of ether oxygens (including phenoxy) is 6. The number of rotatable bonds is 26. The lowest BCUT2D eigenvalue weighted by molar-refractivity contribution is -0.284. The Morgan fingerprint density at radius 1 is 0.420 bits per heavy atom. The van der Waals surface area contributed by atoms with Crippen molar-refractivity contribution in [2.75, 3.05) is 37.9 Å². The molecule has 81 heavy (non-hydrogen) atoms. The summed E-state index contributed by atoms with van der Waals surface area (Å²) >= 11 is 0. The highest BCUT2D eigenvalue weighted by Gasteiger charge is 2.57. The SMILES string of the molecule is Nc1ccc(CC(COC(=O)C=Cc2ccc(OC(=O)c3ccc(OCCCC(F)(F)C(F)(F)F)cc3)cc2)(COC(=O)C=Cc2ccc(OC(=O)c3ccc(OCCCC(F)(F)C(F)(F)F)cc3)cc2)Cc2ccc(N)cc2)cc1. The number of nitrogen functional groups attached to an aromatic ring is 2. The molecule has 12 nitrogen and oxygen atoms in total. The molecule has 0 bridgehead atoms. The molecule has 0 radical (unpaired) electrons. The molecule has 0 saturated heterocycles. The van der Waals surface area contributed by atoms with Crippen molar-refractivity contribution in [3.63, 3.8) is 0 Å². The maximum Gasteiger partial charge on any atom is 0.453 e. The van der Waals surface area contributed by atoms with Gasteiger partial charge in [0.05, 0.1) is 24.3 Å². The lowest BCUT2D eigenvalue weighted by Gasteiger charge is -2.33. The summed E-state index contributed by atoms with van der Waals surface area (Å²) in [5, 5.41) is 0. The molecule has 0 aromatic heterocycles. The van der Waals surface area contributed by atoms with Gasteiger partial charge in [-0.2, -0.15) is 43.9 Å². The molecule has 4 N–H and O–H groups in total. The first-order chi connectivity index (χ1) is 38.3. The van der Waals surface area contributed by atoms with Gasteiger partial charge in [0.1, 0.15) is 36.2 Å². The molecule has 0 aliphatic carbocycles. The van der Waals surface area contributed by atoms with Gasteiger partial charge in [0, 0.05) is 41.8 Å². The molecule has 6 rings (SSSR count). The molecule has 0 aliphatic rings. The van der Waals surface area contributed by atoms with E-state index in [1.807, 2.05) is 0 Å². The van der Waals surface area contributed by atoms with E-state index in [1.165, 1.54) is 97.1 Å². The molecule has 0 atom stereocenters. The summed E-state index contributed by atoms with van der Waals surface area (Å²) in [6.07, 6.45) is -9.52. The van der Waals surface area contributed by atoms with Crippen LogP contribution in [0, 0.1) is 5.41 Å². The van der Waals surface area contributed by atoms with Crippen LogP contribution in [0.5, 0.6) is 23.0 Å². The van der Waals surface area contributed by atoms with Gasteiger partial charge in [-0.15, -0.1) is 0 Å². The summed E-state index contributed by atoms with van der Waals surface area (Å²) in [7, 11) is 0. The number of esters is 4. The van der Waals surface area contributed by atoms with E-state index < -0.39 is 92.4 Å². The van der Waals surface area contributed by atoms with Crippen LogP contribution in [0.15, 0.2) is 158 Å². The largest absolute Gasteiger partial charge is 0.494 e. The fourth-order valence-corrected chi connectivity index (χ4v) is 7.57. The Kier molecular flexibility index (Phi) is 20.7. The summed E-state index contributed by atoms with van der Waals surface area (Å²) in [4.78, 5) is 52.3. The van der Waals surface area contributed by atoms with E-state index >= 15 is 0 Å². The van der Waals surface area contributed by atoms with Crippen molar-refractivity contribution in [2.45, 2.75) is 62.7 Å². The van der Waals surface area contributed by atoms with E-state index in [2.05, 4.69) is 0 Å².